The largest absolute Gasteiger partial charge is 0.478 e. The van der Waals surface area contributed by atoms with E-state index in [0.29, 0.717) is 49.7 Å². The average Bonchev–Trinajstić information content (AvgIpc) is 3.80. The summed E-state index contributed by atoms with van der Waals surface area (Å²) >= 11 is 0. The number of carboxylic acid groups (broad SMARTS) is 1. The van der Waals surface area contributed by atoms with Crippen molar-refractivity contribution < 1.29 is 24.3 Å². The molecule has 0 bridgehead atoms. The lowest BCUT2D eigenvalue weighted by molar-refractivity contribution is 0.0696. The lowest BCUT2D eigenvalue weighted by Gasteiger charge is -2.16. The van der Waals surface area contributed by atoms with Gasteiger partial charge >= 0.3 is 18.0 Å². The van der Waals surface area contributed by atoms with Gasteiger partial charge in [-0.3, -0.25) is 4.79 Å². The number of aromatic carboxylic acids is 1. The molecule has 0 radical (unpaired) electrons. The van der Waals surface area contributed by atoms with Crippen molar-refractivity contribution in [2.24, 2.45) is 0 Å². The first-order valence-corrected chi connectivity index (χ1v) is 16.8. The number of fused-ring (bicyclic) bond motifs is 2. The van der Waals surface area contributed by atoms with Gasteiger partial charge in [-0.2, -0.15) is 0 Å². The first-order valence-electron chi connectivity index (χ1n) is 16.8. The summed E-state index contributed by atoms with van der Waals surface area (Å²) in [5, 5.41) is 17.5. The second kappa shape index (κ2) is 16.3. The highest BCUT2D eigenvalue weighted by Gasteiger charge is 2.24. The van der Waals surface area contributed by atoms with Crippen molar-refractivity contribution in [2.45, 2.75) is 39.0 Å². The molecule has 0 saturated heterocycles. The van der Waals surface area contributed by atoms with E-state index in [-0.39, 0.29) is 23.5 Å². The van der Waals surface area contributed by atoms with Gasteiger partial charge in [-0.1, -0.05) is 78.9 Å². The number of benzene rings is 5. The lowest BCUT2D eigenvalue weighted by Crippen LogP contribution is -2.30. The molecular weight excluding hydrogens is 642 g/mol. The highest BCUT2D eigenvalue weighted by Crippen LogP contribution is 2.24. The van der Waals surface area contributed by atoms with E-state index in [1.54, 1.807) is 46.2 Å². The minimum atomic E-state index is -0.983. The second-order valence-electron chi connectivity index (χ2n) is 12.4. The number of rotatable bonds is 8. The van der Waals surface area contributed by atoms with Crippen LogP contribution in [0.5, 0.6) is 0 Å². The molecule has 51 heavy (non-hydrogen) atoms. The quantitative estimate of drug-likeness (QED) is 0.126. The minimum Gasteiger partial charge on any atom is -0.478 e. The summed E-state index contributed by atoms with van der Waals surface area (Å²) in [5.74, 6) is -1.08. The maximum absolute atomic E-state index is 12.5. The molecule has 0 fully saturated rings. The molecule has 5 aromatic rings. The Morgan fingerprint density at radius 2 is 0.941 bits per heavy atom. The van der Waals surface area contributed by atoms with E-state index in [1.165, 1.54) is 28.8 Å². The molecule has 0 atom stereocenters. The van der Waals surface area contributed by atoms with Gasteiger partial charge in [0.15, 0.2) is 0 Å². The Labute approximate surface area is 296 Å². The fourth-order valence-corrected chi connectivity index (χ4v) is 6.00. The van der Waals surface area contributed by atoms with Gasteiger partial charge in [0, 0.05) is 49.7 Å². The van der Waals surface area contributed by atoms with Crippen LogP contribution in [0.3, 0.4) is 0 Å². The Morgan fingerprint density at radius 3 is 1.37 bits per heavy atom. The molecule has 5 amide bonds. The molecule has 7 rings (SSSR count). The normalized spacial score (nSPS) is 12.5. The molecular formula is C41H39N5O5. The van der Waals surface area contributed by atoms with Crippen LogP contribution in [0.25, 0.3) is 0 Å². The van der Waals surface area contributed by atoms with Gasteiger partial charge in [-0.25, -0.2) is 14.4 Å². The zero-order valence-electron chi connectivity index (χ0n) is 28.0. The van der Waals surface area contributed by atoms with Crippen molar-refractivity contribution in [2.75, 3.05) is 17.2 Å². The fraction of sp³-hybridized carbons (Fsp3) is 0.171. The number of carbonyl (C=O) groups excluding carboxylic acids is 3. The number of aryl methyl sites for hydroxylation is 1. The van der Waals surface area contributed by atoms with E-state index in [1.807, 2.05) is 54.6 Å². The highest BCUT2D eigenvalue weighted by molar-refractivity contribution is 5.95. The summed E-state index contributed by atoms with van der Waals surface area (Å²) in [4.78, 5) is 51.3. The van der Waals surface area contributed by atoms with Crippen molar-refractivity contribution in [3.63, 3.8) is 0 Å². The lowest BCUT2D eigenvalue weighted by atomic mass is 10.1. The maximum Gasteiger partial charge on any atom is 0.335 e. The number of carboxylic acids is 1. The number of anilines is 2. The van der Waals surface area contributed by atoms with Crippen LogP contribution in [0.2, 0.25) is 0 Å². The summed E-state index contributed by atoms with van der Waals surface area (Å²) in [6, 6.07) is 39.1. The summed E-state index contributed by atoms with van der Waals surface area (Å²) < 4.78 is 0. The molecule has 2 aliphatic heterocycles. The molecule has 0 saturated carbocycles. The van der Waals surface area contributed by atoms with Gasteiger partial charge in [0.05, 0.1) is 5.56 Å². The molecule has 4 N–H and O–H groups in total. The third kappa shape index (κ3) is 9.18. The van der Waals surface area contributed by atoms with Crippen molar-refractivity contribution >= 4 is 35.3 Å². The van der Waals surface area contributed by atoms with Gasteiger partial charge in [0.1, 0.15) is 0 Å². The molecule has 10 nitrogen and oxygen atoms in total. The molecule has 0 aromatic heterocycles. The standard InChI is InChI=1S/C25H25N3O2.C16H14N2O3/c29-24(26-16-6-9-19-7-2-1-3-8-19)20-12-14-23(15-13-20)27-25(30)28-17-21-10-4-5-11-22(21)18-28;19-15(20)11-5-7-14(8-6-11)17-16(21)18-9-12-3-1-2-4-13(12)10-18/h1-5,7-8,10-15H,6,9,16-18H2,(H,26,29)(H,27,30);1-8H,9-10H2,(H,17,21)(H,19,20). The zero-order chi connectivity index (χ0) is 35.6. The summed E-state index contributed by atoms with van der Waals surface area (Å²) in [6.45, 7) is 3.04. The van der Waals surface area contributed by atoms with Crippen LogP contribution in [0.4, 0.5) is 21.0 Å². The predicted molar refractivity (Wildman–Crippen MR) is 196 cm³/mol. The van der Waals surface area contributed by atoms with Crippen molar-refractivity contribution in [3.05, 3.63) is 166 Å². The number of amides is 5. The maximum atomic E-state index is 12.5. The molecule has 2 aliphatic rings. The van der Waals surface area contributed by atoms with E-state index < -0.39 is 5.97 Å². The molecule has 0 spiro atoms. The first kappa shape index (κ1) is 34.4. The van der Waals surface area contributed by atoms with Gasteiger partial charge < -0.3 is 30.9 Å². The third-order valence-electron chi connectivity index (χ3n) is 8.81. The van der Waals surface area contributed by atoms with Crippen molar-refractivity contribution in [3.8, 4) is 0 Å². The summed E-state index contributed by atoms with van der Waals surface area (Å²) in [6.07, 6.45) is 1.83. The number of hydrogen-bond donors (Lipinski definition) is 4. The van der Waals surface area contributed by atoms with Crippen LogP contribution in [-0.2, 0) is 32.6 Å². The highest BCUT2D eigenvalue weighted by atomic mass is 16.4. The van der Waals surface area contributed by atoms with Gasteiger partial charge in [-0.15, -0.1) is 0 Å². The van der Waals surface area contributed by atoms with Crippen LogP contribution in [0.1, 0.15) is 55.0 Å². The van der Waals surface area contributed by atoms with Crippen LogP contribution >= 0.6 is 0 Å². The van der Waals surface area contributed by atoms with Gasteiger partial charge in [-0.05, 0) is 89.2 Å². The second-order valence-corrected chi connectivity index (χ2v) is 12.4. The van der Waals surface area contributed by atoms with Gasteiger partial charge in [0.2, 0.25) is 0 Å². The molecule has 10 heteroatoms. The van der Waals surface area contributed by atoms with Gasteiger partial charge in [0.25, 0.3) is 5.91 Å². The Hall–Kier alpha value is -6.42. The number of hydrogen-bond acceptors (Lipinski definition) is 4. The Bertz CT molecular complexity index is 1950. The van der Waals surface area contributed by atoms with E-state index in [2.05, 4.69) is 40.2 Å². The molecule has 5 aromatic carbocycles. The molecule has 0 unspecified atom stereocenters. The Balaban J connectivity index is 0.000000187. The number of carbonyl (C=O) groups is 4. The first-order chi connectivity index (χ1) is 24.8. The summed E-state index contributed by atoms with van der Waals surface area (Å²) in [5.41, 5.74) is 8.01. The molecule has 2 heterocycles. The number of nitrogens with one attached hydrogen (secondary N) is 3. The van der Waals surface area contributed by atoms with E-state index >= 15 is 0 Å². The molecule has 258 valence electrons. The number of nitrogens with zero attached hydrogens (tertiary/aromatic N) is 2. The van der Waals surface area contributed by atoms with Crippen LogP contribution < -0.4 is 16.0 Å². The van der Waals surface area contributed by atoms with Crippen molar-refractivity contribution in [1.29, 1.82) is 0 Å². The SMILES string of the molecule is O=C(NCCCc1ccccc1)c1ccc(NC(=O)N2Cc3ccccc3C2)cc1.O=C(O)c1ccc(NC(=O)N2Cc3ccccc3C2)cc1. The number of urea groups is 2. The minimum absolute atomic E-state index is 0.101. The topological polar surface area (TPSA) is 131 Å². The zero-order valence-corrected chi connectivity index (χ0v) is 28.0. The monoisotopic (exact) mass is 681 g/mol. The van der Waals surface area contributed by atoms with Crippen molar-refractivity contribution in [1.82, 2.24) is 15.1 Å². The van der Waals surface area contributed by atoms with Crippen LogP contribution in [-0.4, -0.2) is 45.4 Å². The van der Waals surface area contributed by atoms with E-state index in [4.69, 9.17) is 5.11 Å². The van der Waals surface area contributed by atoms with E-state index in [0.717, 1.165) is 24.0 Å². The molecule has 0 aliphatic carbocycles. The Morgan fingerprint density at radius 1 is 0.529 bits per heavy atom. The van der Waals surface area contributed by atoms with Crippen LogP contribution in [0.15, 0.2) is 127 Å². The predicted octanol–water partition coefficient (Wildman–Crippen LogP) is 7.53. The van der Waals surface area contributed by atoms with Crippen LogP contribution in [0, 0.1) is 0 Å². The smallest absolute Gasteiger partial charge is 0.335 e. The fourth-order valence-electron chi connectivity index (χ4n) is 6.00. The average molecular weight is 682 g/mol. The third-order valence-corrected chi connectivity index (χ3v) is 8.81. The van der Waals surface area contributed by atoms with E-state index in [9.17, 15) is 19.2 Å². The Kier molecular flexibility index (Phi) is 11.0. The summed E-state index contributed by atoms with van der Waals surface area (Å²) in [7, 11) is 0.